The quantitative estimate of drug-likeness (QED) is 0.189. The van der Waals surface area contributed by atoms with Gasteiger partial charge in [-0.15, -0.1) is 0 Å². The second-order valence-electron chi connectivity index (χ2n) is 3.37. The number of hydrogen-bond donors (Lipinski definition) is 1. The number of methoxy groups -OCH3 is 1. The van der Waals surface area contributed by atoms with Crippen LogP contribution in [0.25, 0.3) is 6.08 Å². The summed E-state index contributed by atoms with van der Waals surface area (Å²) in [5.74, 6) is -0.639. The Bertz CT molecular complexity index is 506. The minimum absolute atomic E-state index is 0.0766. The summed E-state index contributed by atoms with van der Waals surface area (Å²) in [4.78, 5) is 25.4. The van der Waals surface area contributed by atoms with Gasteiger partial charge < -0.3 is 15.1 Å². The summed E-state index contributed by atoms with van der Waals surface area (Å²) in [6.45, 7) is -0.0766. The molecule has 1 heterocycles. The molecule has 9 heteroatoms. The molecular weight excluding hydrogens is 253 g/mol. The fourth-order valence-corrected chi connectivity index (χ4v) is 1.32. The van der Waals surface area contributed by atoms with Crippen LogP contribution in [-0.4, -0.2) is 37.2 Å². The molecule has 0 spiro atoms. The molecular formula is C10H12BN3O5. The van der Waals surface area contributed by atoms with E-state index in [4.69, 9.17) is 10.4 Å². The molecule has 0 amide bonds. The lowest BCUT2D eigenvalue weighted by molar-refractivity contribution is -0.385. The van der Waals surface area contributed by atoms with Crippen molar-refractivity contribution in [2.45, 2.75) is 0 Å². The Labute approximate surface area is 109 Å². The highest BCUT2D eigenvalue weighted by molar-refractivity contribution is 6.49. The molecule has 1 rings (SSSR count). The predicted molar refractivity (Wildman–Crippen MR) is 68.2 cm³/mol. The average Bonchev–Trinajstić information content (AvgIpc) is 2.42. The second kappa shape index (κ2) is 7.24. The highest BCUT2D eigenvalue weighted by Crippen LogP contribution is 2.19. The Balaban J connectivity index is 3.14. The average molecular weight is 265 g/mol. The van der Waals surface area contributed by atoms with Gasteiger partial charge in [-0.1, -0.05) is 0 Å². The van der Waals surface area contributed by atoms with Crippen LogP contribution >= 0.6 is 0 Å². The van der Waals surface area contributed by atoms with Crippen molar-refractivity contribution in [3.63, 3.8) is 0 Å². The molecule has 2 N–H and O–H groups in total. The number of pyridine rings is 1. The molecule has 0 unspecified atom stereocenters. The van der Waals surface area contributed by atoms with Crippen LogP contribution in [0, 0.1) is 10.1 Å². The molecule has 100 valence electrons. The summed E-state index contributed by atoms with van der Waals surface area (Å²) < 4.78 is 9.48. The van der Waals surface area contributed by atoms with E-state index in [0.29, 0.717) is 0 Å². The lowest BCUT2D eigenvalue weighted by Crippen LogP contribution is -2.17. The first-order valence-electron chi connectivity index (χ1n) is 5.25. The van der Waals surface area contributed by atoms with Crippen LogP contribution in [0.3, 0.4) is 0 Å². The largest absolute Gasteiger partial charge is 0.466 e. The molecule has 0 aromatic carbocycles. The number of rotatable bonds is 6. The van der Waals surface area contributed by atoms with Crippen LogP contribution in [0.1, 0.15) is 5.56 Å². The zero-order valence-corrected chi connectivity index (χ0v) is 10.2. The van der Waals surface area contributed by atoms with E-state index in [0.717, 1.165) is 6.20 Å². The zero-order chi connectivity index (χ0) is 14.3. The molecule has 8 nitrogen and oxygen atoms in total. The van der Waals surface area contributed by atoms with E-state index in [-0.39, 0.29) is 30.9 Å². The maximum atomic E-state index is 11.5. The van der Waals surface area contributed by atoms with E-state index in [1.807, 2.05) is 0 Å². The molecule has 0 atom stereocenters. The zero-order valence-electron chi connectivity index (χ0n) is 10.2. The Kier molecular flexibility index (Phi) is 5.64. The maximum Gasteiger partial charge on any atom is 0.327 e. The van der Waals surface area contributed by atoms with Crippen LogP contribution in [0.5, 0.6) is 0 Å². The van der Waals surface area contributed by atoms with Gasteiger partial charge in [0.2, 0.25) is 0 Å². The number of carbonyl (C=O) groups excluding carboxylic acids is 1. The number of hydrogen-bond acceptors (Lipinski definition) is 7. The van der Waals surface area contributed by atoms with Gasteiger partial charge in [0, 0.05) is 11.7 Å². The van der Waals surface area contributed by atoms with E-state index in [1.54, 1.807) is 0 Å². The minimum Gasteiger partial charge on any atom is -0.466 e. The van der Waals surface area contributed by atoms with Crippen molar-refractivity contribution in [3.8, 4) is 0 Å². The number of aromatic nitrogens is 1. The van der Waals surface area contributed by atoms with Crippen molar-refractivity contribution < 1.29 is 19.1 Å². The first-order valence-corrected chi connectivity index (χ1v) is 5.25. The Hall–Kier alpha value is -2.26. The van der Waals surface area contributed by atoms with Gasteiger partial charge in [-0.2, -0.15) is 0 Å². The summed E-state index contributed by atoms with van der Waals surface area (Å²) in [7, 11) is 1.11. The van der Waals surface area contributed by atoms with Crippen molar-refractivity contribution in [1.82, 2.24) is 4.98 Å². The van der Waals surface area contributed by atoms with Gasteiger partial charge in [0.1, 0.15) is 6.20 Å². The minimum atomic E-state index is -0.639. The number of carbonyl (C=O) groups is 1. The smallest absolute Gasteiger partial charge is 0.327 e. The van der Waals surface area contributed by atoms with E-state index < -0.39 is 10.9 Å². The highest BCUT2D eigenvalue weighted by Gasteiger charge is 2.16. The number of nitro groups is 1. The summed E-state index contributed by atoms with van der Waals surface area (Å²) in [5.41, 5.74) is 5.32. The third-order valence-corrected chi connectivity index (χ3v) is 2.18. The third-order valence-electron chi connectivity index (χ3n) is 2.18. The molecule has 0 saturated carbocycles. The normalized spacial score (nSPS) is 10.9. The summed E-state index contributed by atoms with van der Waals surface area (Å²) in [5, 5.41) is 10.8. The predicted octanol–water partition coefficient (Wildman–Crippen LogP) is -0.212. The molecule has 0 radical (unpaired) electrons. The molecule has 0 saturated heterocycles. The van der Waals surface area contributed by atoms with Gasteiger partial charge in [0.15, 0.2) is 0 Å². The number of nitrogens with zero attached hydrogens (tertiary/aromatic N) is 2. The first-order chi connectivity index (χ1) is 9.10. The second-order valence-corrected chi connectivity index (χ2v) is 3.37. The molecule has 0 aliphatic carbocycles. The molecule has 0 fully saturated rings. The van der Waals surface area contributed by atoms with Gasteiger partial charge in [0.25, 0.3) is 5.69 Å². The van der Waals surface area contributed by atoms with Crippen molar-refractivity contribution in [2.24, 2.45) is 5.73 Å². The maximum absolute atomic E-state index is 11.5. The Morgan fingerprint density at radius 2 is 2.42 bits per heavy atom. The van der Waals surface area contributed by atoms with Crippen LogP contribution in [0.4, 0.5) is 5.69 Å². The molecule has 0 bridgehead atoms. The van der Waals surface area contributed by atoms with Crippen molar-refractivity contribution in [2.75, 3.05) is 13.8 Å². The van der Waals surface area contributed by atoms with Crippen molar-refractivity contribution in [1.29, 1.82) is 0 Å². The summed E-state index contributed by atoms with van der Waals surface area (Å²) in [6, 6.07) is 1.42. The third kappa shape index (κ3) is 4.16. The van der Waals surface area contributed by atoms with E-state index in [9.17, 15) is 14.9 Å². The summed E-state index contributed by atoms with van der Waals surface area (Å²) in [6.07, 6.45) is 3.81. The van der Waals surface area contributed by atoms with Gasteiger partial charge in [-0.3, -0.25) is 15.1 Å². The molecule has 19 heavy (non-hydrogen) atoms. The van der Waals surface area contributed by atoms with Crippen LogP contribution < -0.4 is 5.73 Å². The topological polar surface area (TPSA) is 118 Å². The van der Waals surface area contributed by atoms with Crippen LogP contribution in [0.2, 0.25) is 0 Å². The number of esters is 1. The van der Waals surface area contributed by atoms with Crippen molar-refractivity contribution in [3.05, 3.63) is 39.6 Å². The van der Waals surface area contributed by atoms with E-state index in [2.05, 4.69) is 9.72 Å². The number of ether oxygens (including phenoxy) is 1. The molecule has 0 aliphatic heterocycles. The first kappa shape index (κ1) is 14.8. The monoisotopic (exact) mass is 265 g/mol. The van der Waals surface area contributed by atoms with E-state index in [1.165, 1.54) is 25.4 Å². The van der Waals surface area contributed by atoms with E-state index >= 15 is 0 Å². The molecule has 1 aromatic rings. The Morgan fingerprint density at radius 3 is 3.00 bits per heavy atom. The lowest BCUT2D eigenvalue weighted by Gasteiger charge is -2.04. The van der Waals surface area contributed by atoms with Crippen LogP contribution in [0.15, 0.2) is 23.9 Å². The highest BCUT2D eigenvalue weighted by atomic mass is 16.6. The standard InChI is InChI=1S/C10H12BN3O5/c1-18-10(15)8(11-19-6-12)4-7-2-3-13-5-9(7)14(16)17/h2-5,11H,6,12H2,1H3/b8-4-. The van der Waals surface area contributed by atoms with Gasteiger partial charge >= 0.3 is 13.5 Å². The fraction of sp³-hybridized carbons (Fsp3) is 0.200. The van der Waals surface area contributed by atoms with Gasteiger partial charge in [0.05, 0.1) is 24.3 Å². The fourth-order valence-electron chi connectivity index (χ4n) is 1.32. The lowest BCUT2D eigenvalue weighted by atomic mass is 9.85. The Morgan fingerprint density at radius 1 is 1.68 bits per heavy atom. The molecule has 0 aliphatic rings. The SMILES string of the molecule is COC(=O)/C(BOCN)=C/c1ccncc1[N+](=O)[O-]. The van der Waals surface area contributed by atoms with Crippen molar-refractivity contribution >= 4 is 25.2 Å². The van der Waals surface area contributed by atoms with Gasteiger partial charge in [-0.25, -0.2) is 4.79 Å². The molecule has 1 aromatic heterocycles. The van der Waals surface area contributed by atoms with Gasteiger partial charge in [-0.05, 0) is 12.1 Å². The van der Waals surface area contributed by atoms with Crippen LogP contribution in [-0.2, 0) is 14.2 Å². The number of nitrogens with two attached hydrogens (primary N) is 1. The summed E-state index contributed by atoms with van der Waals surface area (Å²) >= 11 is 0.